The van der Waals surface area contributed by atoms with Gasteiger partial charge in [0.1, 0.15) is 0 Å². The van der Waals surface area contributed by atoms with E-state index in [9.17, 15) is 4.79 Å². The highest BCUT2D eigenvalue weighted by Gasteiger charge is 2.24. The number of piperidine rings is 1. The monoisotopic (exact) mass is 371 g/mol. The maximum absolute atomic E-state index is 12.5. The van der Waals surface area contributed by atoms with Crippen molar-refractivity contribution >= 4 is 11.6 Å². The van der Waals surface area contributed by atoms with Crippen LogP contribution in [0, 0.1) is 18.8 Å². The van der Waals surface area contributed by atoms with Crippen LogP contribution in [-0.4, -0.2) is 61.5 Å². The van der Waals surface area contributed by atoms with E-state index in [1.165, 1.54) is 24.1 Å². The molecule has 0 aliphatic carbocycles. The van der Waals surface area contributed by atoms with Gasteiger partial charge < -0.3 is 9.80 Å². The highest BCUT2D eigenvalue weighted by Crippen LogP contribution is 2.25. The molecule has 0 N–H and O–H groups in total. The topological polar surface area (TPSA) is 26.8 Å². The van der Waals surface area contributed by atoms with Gasteiger partial charge >= 0.3 is 0 Å². The molecule has 4 heteroatoms. The van der Waals surface area contributed by atoms with Crippen molar-refractivity contribution in [3.8, 4) is 0 Å². The van der Waals surface area contributed by atoms with Crippen LogP contribution >= 0.6 is 0 Å². The van der Waals surface area contributed by atoms with Gasteiger partial charge in [0.15, 0.2) is 0 Å². The second kappa shape index (κ2) is 9.59. The van der Waals surface area contributed by atoms with Crippen molar-refractivity contribution in [3.63, 3.8) is 0 Å². The predicted octanol–water partition coefficient (Wildman–Crippen LogP) is 3.79. The van der Waals surface area contributed by atoms with Crippen molar-refractivity contribution in [1.82, 2.24) is 9.80 Å². The first kappa shape index (κ1) is 20.2. The van der Waals surface area contributed by atoms with E-state index < -0.39 is 0 Å². The number of hydrogen-bond acceptors (Lipinski definition) is 3. The number of likely N-dealkylation sites (tertiary alicyclic amines) is 1. The largest absolute Gasteiger partial charge is 0.369 e. The highest BCUT2D eigenvalue weighted by molar-refractivity contribution is 5.76. The fraction of sp³-hybridized carbons (Fsp3) is 0.696. The van der Waals surface area contributed by atoms with Gasteiger partial charge in [0.05, 0.1) is 0 Å². The molecule has 150 valence electrons. The summed E-state index contributed by atoms with van der Waals surface area (Å²) >= 11 is 0. The quantitative estimate of drug-likeness (QED) is 0.761. The molecule has 0 spiro atoms. The van der Waals surface area contributed by atoms with Crippen LogP contribution < -0.4 is 4.90 Å². The molecule has 0 aromatic heterocycles. The van der Waals surface area contributed by atoms with Crippen LogP contribution in [0.2, 0.25) is 0 Å². The minimum Gasteiger partial charge on any atom is -0.369 e. The minimum absolute atomic E-state index is 0.371. The molecule has 0 atom stereocenters. The third-order valence-corrected chi connectivity index (χ3v) is 6.47. The van der Waals surface area contributed by atoms with Crippen molar-refractivity contribution in [2.45, 2.75) is 46.5 Å². The van der Waals surface area contributed by atoms with Gasteiger partial charge in [0.2, 0.25) is 5.91 Å². The van der Waals surface area contributed by atoms with Crippen LogP contribution in [0.4, 0.5) is 5.69 Å². The van der Waals surface area contributed by atoms with E-state index in [1.54, 1.807) is 0 Å². The van der Waals surface area contributed by atoms with Gasteiger partial charge in [-0.25, -0.2) is 0 Å². The summed E-state index contributed by atoms with van der Waals surface area (Å²) in [5, 5.41) is 0. The Bertz CT molecular complexity index is 582. The lowest BCUT2D eigenvalue weighted by molar-refractivity contribution is -0.133. The molecule has 3 rings (SSSR count). The van der Waals surface area contributed by atoms with E-state index in [0.29, 0.717) is 12.3 Å². The fourth-order valence-corrected chi connectivity index (χ4v) is 4.41. The lowest BCUT2D eigenvalue weighted by Gasteiger charge is -2.36. The summed E-state index contributed by atoms with van der Waals surface area (Å²) in [6.07, 6.45) is 4.08. The highest BCUT2D eigenvalue weighted by atomic mass is 16.2. The van der Waals surface area contributed by atoms with Gasteiger partial charge in [-0.3, -0.25) is 9.69 Å². The van der Waals surface area contributed by atoms with E-state index in [-0.39, 0.29) is 0 Å². The third-order valence-electron chi connectivity index (χ3n) is 6.47. The molecule has 27 heavy (non-hydrogen) atoms. The maximum Gasteiger partial charge on any atom is 0.222 e. The van der Waals surface area contributed by atoms with Crippen molar-refractivity contribution < 1.29 is 4.79 Å². The standard InChI is InChI=1S/C23H37N3O/c1-19(2)21-10-13-26(14-11-21)23(27)5-4-12-24-15-17-25(18-16-24)22-8-6-20(3)7-9-22/h6-9,19,21H,4-5,10-18H2,1-3H3. The normalized spacial score (nSPS) is 19.7. The SMILES string of the molecule is Cc1ccc(N2CCN(CCCC(=O)N3CCC(C(C)C)CC3)CC2)cc1. The number of piperazine rings is 1. The molecule has 0 radical (unpaired) electrons. The zero-order valence-corrected chi connectivity index (χ0v) is 17.5. The number of rotatable bonds is 6. The predicted molar refractivity (Wildman–Crippen MR) is 113 cm³/mol. The maximum atomic E-state index is 12.5. The van der Waals surface area contributed by atoms with Crippen LogP contribution in [0.15, 0.2) is 24.3 Å². The molecule has 2 fully saturated rings. The number of carbonyl (C=O) groups excluding carboxylic acids is 1. The van der Waals surface area contributed by atoms with Crippen LogP contribution in [-0.2, 0) is 4.79 Å². The number of aryl methyl sites for hydroxylation is 1. The first-order valence-electron chi connectivity index (χ1n) is 10.8. The lowest BCUT2D eigenvalue weighted by atomic mass is 9.86. The van der Waals surface area contributed by atoms with Gasteiger partial charge in [-0.05, 0) is 56.7 Å². The number of amides is 1. The molecular formula is C23H37N3O. The molecule has 0 unspecified atom stereocenters. The van der Waals surface area contributed by atoms with Crippen LogP contribution in [0.1, 0.15) is 45.1 Å². The van der Waals surface area contributed by atoms with Gasteiger partial charge in [-0.15, -0.1) is 0 Å². The summed E-state index contributed by atoms with van der Waals surface area (Å²) < 4.78 is 0. The molecule has 2 aliphatic rings. The van der Waals surface area contributed by atoms with E-state index in [1.807, 2.05) is 0 Å². The Hall–Kier alpha value is -1.55. The molecule has 0 saturated carbocycles. The first-order valence-corrected chi connectivity index (χ1v) is 10.8. The van der Waals surface area contributed by atoms with Crippen LogP contribution in [0.25, 0.3) is 0 Å². The Kier molecular flexibility index (Phi) is 7.17. The fourth-order valence-electron chi connectivity index (χ4n) is 4.41. The summed E-state index contributed by atoms with van der Waals surface area (Å²) in [6.45, 7) is 14.1. The summed E-state index contributed by atoms with van der Waals surface area (Å²) in [7, 11) is 0. The summed E-state index contributed by atoms with van der Waals surface area (Å²) in [6, 6.07) is 8.84. The Balaban J connectivity index is 1.32. The Labute approximate surface area is 165 Å². The van der Waals surface area contributed by atoms with Gasteiger partial charge in [-0.1, -0.05) is 31.5 Å². The Morgan fingerprint density at radius 1 is 1.00 bits per heavy atom. The number of hydrogen-bond donors (Lipinski definition) is 0. The second-order valence-corrected chi connectivity index (χ2v) is 8.73. The van der Waals surface area contributed by atoms with Crippen molar-refractivity contribution in [2.75, 3.05) is 50.7 Å². The Morgan fingerprint density at radius 3 is 2.22 bits per heavy atom. The van der Waals surface area contributed by atoms with E-state index in [2.05, 4.69) is 59.7 Å². The molecule has 2 heterocycles. The number of benzene rings is 1. The van der Waals surface area contributed by atoms with Crippen molar-refractivity contribution in [1.29, 1.82) is 0 Å². The molecule has 1 aromatic rings. The minimum atomic E-state index is 0.371. The molecule has 4 nitrogen and oxygen atoms in total. The van der Waals surface area contributed by atoms with E-state index >= 15 is 0 Å². The molecule has 1 amide bonds. The zero-order chi connectivity index (χ0) is 19.2. The summed E-state index contributed by atoms with van der Waals surface area (Å²) in [5.74, 6) is 1.93. The Morgan fingerprint density at radius 2 is 1.63 bits per heavy atom. The van der Waals surface area contributed by atoms with E-state index in [0.717, 1.165) is 64.1 Å². The number of nitrogens with zero attached hydrogens (tertiary/aromatic N) is 3. The molecule has 1 aromatic carbocycles. The molecule has 2 aliphatic heterocycles. The van der Waals surface area contributed by atoms with E-state index in [4.69, 9.17) is 0 Å². The van der Waals surface area contributed by atoms with Crippen LogP contribution in [0.5, 0.6) is 0 Å². The molecule has 2 saturated heterocycles. The van der Waals surface area contributed by atoms with Crippen LogP contribution in [0.3, 0.4) is 0 Å². The average molecular weight is 372 g/mol. The summed E-state index contributed by atoms with van der Waals surface area (Å²) in [4.78, 5) is 19.6. The second-order valence-electron chi connectivity index (χ2n) is 8.73. The third kappa shape index (κ3) is 5.71. The zero-order valence-electron chi connectivity index (χ0n) is 17.5. The number of anilines is 1. The molecule has 0 bridgehead atoms. The first-order chi connectivity index (χ1) is 13.0. The van der Waals surface area contributed by atoms with Gasteiger partial charge in [-0.2, -0.15) is 0 Å². The van der Waals surface area contributed by atoms with Gasteiger partial charge in [0.25, 0.3) is 0 Å². The number of carbonyl (C=O) groups is 1. The average Bonchev–Trinajstić information content (AvgIpc) is 2.69. The van der Waals surface area contributed by atoms with Crippen molar-refractivity contribution in [3.05, 3.63) is 29.8 Å². The smallest absolute Gasteiger partial charge is 0.222 e. The summed E-state index contributed by atoms with van der Waals surface area (Å²) in [5.41, 5.74) is 2.65. The lowest BCUT2D eigenvalue weighted by Crippen LogP contribution is -2.46. The molecular weight excluding hydrogens is 334 g/mol. The van der Waals surface area contributed by atoms with Crippen molar-refractivity contribution in [2.24, 2.45) is 11.8 Å². The van der Waals surface area contributed by atoms with Gasteiger partial charge in [0, 0.05) is 51.4 Å².